The summed E-state index contributed by atoms with van der Waals surface area (Å²) in [6.45, 7) is 3.51. The summed E-state index contributed by atoms with van der Waals surface area (Å²) in [6.07, 6.45) is 3.18. The van der Waals surface area contributed by atoms with Crippen LogP contribution in [0.2, 0.25) is 0 Å². The van der Waals surface area contributed by atoms with Gasteiger partial charge in [0.25, 0.3) is 0 Å². The normalized spacial score (nSPS) is 18.6. The predicted octanol–water partition coefficient (Wildman–Crippen LogP) is 0.908. The first kappa shape index (κ1) is 24.3. The minimum absolute atomic E-state index is 0.0138. The van der Waals surface area contributed by atoms with Crippen LogP contribution in [0, 0.1) is 5.92 Å². The van der Waals surface area contributed by atoms with Crippen molar-refractivity contribution in [2.75, 3.05) is 26.7 Å². The highest BCUT2D eigenvalue weighted by atomic mass is 16.5. The summed E-state index contributed by atoms with van der Waals surface area (Å²) in [5.74, 6) is -2.88. The molecule has 0 radical (unpaired) electrons. The Labute approximate surface area is 180 Å². The number of ether oxygens (including phenoxy) is 2. The van der Waals surface area contributed by atoms with Crippen LogP contribution in [0.25, 0.3) is 0 Å². The van der Waals surface area contributed by atoms with Crippen molar-refractivity contribution < 1.29 is 33.8 Å². The van der Waals surface area contributed by atoms with Crippen LogP contribution in [-0.4, -0.2) is 61.6 Å². The fourth-order valence-electron chi connectivity index (χ4n) is 3.64. The quantitative estimate of drug-likeness (QED) is 0.161. The minimum Gasteiger partial charge on any atom is -0.485 e. The molecule has 31 heavy (non-hydrogen) atoms. The first-order chi connectivity index (χ1) is 14.9. The average Bonchev–Trinajstić information content (AvgIpc) is 2.75. The molecule has 0 bridgehead atoms. The number of hydrazine groups is 1. The fraction of sp³-hybridized carbons (Fsp3) is 0.524. The summed E-state index contributed by atoms with van der Waals surface area (Å²) in [7, 11) is 1.62. The highest BCUT2D eigenvalue weighted by Gasteiger charge is 2.54. The molecule has 1 amide bonds. The average molecular weight is 435 g/mol. The molecular weight excluding hydrogens is 406 g/mol. The Hall–Kier alpha value is -2.98. The lowest BCUT2D eigenvalue weighted by molar-refractivity contribution is -0.156. The zero-order valence-electron chi connectivity index (χ0n) is 17.7. The summed E-state index contributed by atoms with van der Waals surface area (Å²) in [5.41, 5.74) is 3.76. The topological polar surface area (TPSA) is 143 Å². The Morgan fingerprint density at radius 1 is 1.35 bits per heavy atom. The molecule has 10 nitrogen and oxygen atoms in total. The van der Waals surface area contributed by atoms with Gasteiger partial charge in [0.1, 0.15) is 11.4 Å². The van der Waals surface area contributed by atoms with E-state index in [1.165, 1.54) is 18.2 Å². The van der Waals surface area contributed by atoms with Crippen LogP contribution < -0.4 is 20.9 Å². The van der Waals surface area contributed by atoms with Gasteiger partial charge in [0.15, 0.2) is 11.7 Å². The molecule has 1 unspecified atom stereocenters. The number of carbonyl (C=O) groups excluding carboxylic acids is 3. The van der Waals surface area contributed by atoms with Crippen molar-refractivity contribution in [2.24, 2.45) is 5.92 Å². The van der Waals surface area contributed by atoms with Crippen LogP contribution in [0.1, 0.15) is 53.3 Å². The molecule has 170 valence electrons. The molecule has 1 aromatic carbocycles. The number of piperidine rings is 1. The molecule has 10 heteroatoms. The molecule has 1 fully saturated rings. The Bertz CT molecular complexity index is 806. The standard InChI is InChI=1S/C19H23NO6.C2H6N2O/c1-2-3-10-25-18(24)15-16(21)13-11-12(17(22)23)4-5-14(13)26-19(15)6-8-20-9-7-19;1-3-4-2-5/h4-5,11,15,20H,2-3,6-10H2,1H3,(H,22,23);2-3H,1H3,(H,4,5). The molecule has 2 heterocycles. The van der Waals surface area contributed by atoms with Crippen molar-refractivity contribution in [3.8, 4) is 5.75 Å². The molecular formula is C21H29N3O7. The van der Waals surface area contributed by atoms with Crippen molar-refractivity contribution in [1.82, 2.24) is 16.2 Å². The molecule has 0 aromatic heterocycles. The van der Waals surface area contributed by atoms with Crippen LogP contribution in [0.3, 0.4) is 0 Å². The van der Waals surface area contributed by atoms with E-state index in [2.05, 4.69) is 16.2 Å². The summed E-state index contributed by atoms with van der Waals surface area (Å²) in [5, 5.41) is 12.4. The van der Waals surface area contributed by atoms with E-state index in [-0.39, 0.29) is 17.7 Å². The number of ketones is 1. The Morgan fingerprint density at radius 2 is 2.06 bits per heavy atom. The lowest BCUT2D eigenvalue weighted by atomic mass is 9.73. The third-order valence-corrected chi connectivity index (χ3v) is 5.22. The zero-order valence-corrected chi connectivity index (χ0v) is 17.7. The number of benzene rings is 1. The summed E-state index contributed by atoms with van der Waals surface area (Å²) < 4.78 is 11.5. The molecule has 2 aliphatic rings. The number of hydrogen-bond acceptors (Lipinski definition) is 8. The number of Topliss-reactive ketones (excluding diaryl/α,β-unsaturated/α-hetero) is 1. The number of rotatable bonds is 7. The highest BCUT2D eigenvalue weighted by Crippen LogP contribution is 2.42. The minimum atomic E-state index is -1.13. The number of fused-ring (bicyclic) bond motifs is 1. The number of carboxylic acid groups (broad SMARTS) is 1. The molecule has 2 aliphatic heterocycles. The van der Waals surface area contributed by atoms with Crippen LogP contribution in [0.4, 0.5) is 0 Å². The van der Waals surface area contributed by atoms with E-state index in [0.717, 1.165) is 12.8 Å². The smallest absolute Gasteiger partial charge is 0.335 e. The van der Waals surface area contributed by atoms with Crippen molar-refractivity contribution >= 4 is 24.1 Å². The van der Waals surface area contributed by atoms with Gasteiger partial charge < -0.3 is 19.9 Å². The van der Waals surface area contributed by atoms with Crippen LogP contribution in [0.15, 0.2) is 18.2 Å². The molecule has 0 saturated carbocycles. The number of esters is 1. The van der Waals surface area contributed by atoms with E-state index < -0.39 is 29.2 Å². The SMILES string of the molecule is CCCCOC(=O)C1C(=O)c2cc(C(=O)O)ccc2OC12CCNCC2.CNNC=O. The van der Waals surface area contributed by atoms with Gasteiger partial charge >= 0.3 is 11.9 Å². The summed E-state index contributed by atoms with van der Waals surface area (Å²) in [4.78, 5) is 46.3. The maximum absolute atomic E-state index is 13.1. The van der Waals surface area contributed by atoms with Crippen molar-refractivity contribution in [1.29, 1.82) is 0 Å². The molecule has 1 saturated heterocycles. The number of carboxylic acids is 1. The van der Waals surface area contributed by atoms with Gasteiger partial charge in [0, 0.05) is 19.9 Å². The van der Waals surface area contributed by atoms with E-state index in [1.54, 1.807) is 7.05 Å². The lowest BCUT2D eigenvalue weighted by Crippen LogP contribution is -2.59. The molecule has 4 N–H and O–H groups in total. The maximum Gasteiger partial charge on any atom is 0.335 e. The second-order valence-corrected chi connectivity index (χ2v) is 7.26. The van der Waals surface area contributed by atoms with E-state index in [4.69, 9.17) is 9.47 Å². The third kappa shape index (κ3) is 5.80. The number of hydrogen-bond donors (Lipinski definition) is 4. The predicted molar refractivity (Wildman–Crippen MR) is 111 cm³/mol. The van der Waals surface area contributed by atoms with Gasteiger partial charge in [-0.3, -0.25) is 19.8 Å². The third-order valence-electron chi connectivity index (χ3n) is 5.22. The number of aromatic carboxylic acids is 1. The van der Waals surface area contributed by atoms with Gasteiger partial charge in [-0.2, -0.15) is 0 Å². The molecule has 0 aliphatic carbocycles. The molecule has 1 atom stereocenters. The number of unbranched alkanes of at least 4 members (excludes halogenated alkanes) is 1. The van der Waals surface area contributed by atoms with Gasteiger partial charge in [0.05, 0.1) is 17.7 Å². The molecule has 1 spiro atoms. The Balaban J connectivity index is 0.000000614. The second kappa shape index (κ2) is 11.4. The zero-order chi connectivity index (χ0) is 22.9. The van der Waals surface area contributed by atoms with E-state index in [1.807, 2.05) is 6.92 Å². The monoisotopic (exact) mass is 435 g/mol. The van der Waals surface area contributed by atoms with Gasteiger partial charge in [-0.1, -0.05) is 13.3 Å². The maximum atomic E-state index is 13.1. The largest absolute Gasteiger partial charge is 0.485 e. The van der Waals surface area contributed by atoms with E-state index >= 15 is 0 Å². The highest BCUT2D eigenvalue weighted by molar-refractivity contribution is 6.12. The van der Waals surface area contributed by atoms with Crippen molar-refractivity contribution in [3.63, 3.8) is 0 Å². The summed E-state index contributed by atoms with van der Waals surface area (Å²) in [6, 6.07) is 4.18. The lowest BCUT2D eigenvalue weighted by Gasteiger charge is -2.45. The number of carbonyl (C=O) groups is 4. The van der Waals surface area contributed by atoms with Gasteiger partial charge in [-0.05, 0) is 37.7 Å². The molecule has 1 aromatic rings. The summed E-state index contributed by atoms with van der Waals surface area (Å²) >= 11 is 0. The first-order valence-electron chi connectivity index (χ1n) is 10.2. The van der Waals surface area contributed by atoms with Crippen LogP contribution >= 0.6 is 0 Å². The second-order valence-electron chi connectivity index (χ2n) is 7.26. The van der Waals surface area contributed by atoms with Crippen molar-refractivity contribution in [3.05, 3.63) is 29.3 Å². The van der Waals surface area contributed by atoms with E-state index in [9.17, 15) is 24.3 Å². The fourth-order valence-corrected chi connectivity index (χ4v) is 3.64. The van der Waals surface area contributed by atoms with Gasteiger partial charge in [-0.15, -0.1) is 0 Å². The first-order valence-corrected chi connectivity index (χ1v) is 10.2. The van der Waals surface area contributed by atoms with Gasteiger partial charge in [0.2, 0.25) is 6.41 Å². The van der Waals surface area contributed by atoms with E-state index in [0.29, 0.717) is 38.1 Å². The van der Waals surface area contributed by atoms with Gasteiger partial charge in [-0.25, -0.2) is 10.2 Å². The number of nitrogens with one attached hydrogen (secondary N) is 3. The Kier molecular flexibility index (Phi) is 8.95. The Morgan fingerprint density at radius 3 is 2.61 bits per heavy atom. The molecule has 3 rings (SSSR count). The van der Waals surface area contributed by atoms with Crippen LogP contribution in [0.5, 0.6) is 5.75 Å². The van der Waals surface area contributed by atoms with Crippen molar-refractivity contribution in [2.45, 2.75) is 38.2 Å². The van der Waals surface area contributed by atoms with Crippen LogP contribution in [-0.2, 0) is 14.3 Å². The number of amides is 1.